The minimum absolute atomic E-state index is 0.132. The van der Waals surface area contributed by atoms with Crippen molar-refractivity contribution in [2.24, 2.45) is 23.5 Å². The Labute approximate surface area is 221 Å². The topological polar surface area (TPSA) is 63.3 Å². The van der Waals surface area contributed by atoms with Crippen molar-refractivity contribution in [1.29, 1.82) is 0 Å². The molecule has 2 fully saturated rings. The van der Waals surface area contributed by atoms with Gasteiger partial charge in [-0.15, -0.1) is 0 Å². The zero-order valence-electron chi connectivity index (χ0n) is 22.8. The van der Waals surface area contributed by atoms with Gasteiger partial charge in [0.1, 0.15) is 0 Å². The van der Waals surface area contributed by atoms with Crippen LogP contribution < -0.4 is 5.73 Å². The molecule has 1 aromatic rings. The van der Waals surface area contributed by atoms with E-state index in [0.29, 0.717) is 12.5 Å². The highest BCUT2D eigenvalue weighted by atomic mass is 16.4. The Balaban J connectivity index is 1.53. The fourth-order valence-corrected chi connectivity index (χ4v) is 7.30. The summed E-state index contributed by atoms with van der Waals surface area (Å²) in [5.41, 5.74) is 7.62. The molecular formula is C33H53NO2. The van der Waals surface area contributed by atoms with Gasteiger partial charge >= 0.3 is 5.97 Å². The SMILES string of the molecule is NCC[C@H](CCCC/C=C\CCC1CCCCC1)[C@H](CC(=O)O)CC1(c2ccccc2)CCCCC1. The summed E-state index contributed by atoms with van der Waals surface area (Å²) in [6, 6.07) is 11.0. The lowest BCUT2D eigenvalue weighted by Gasteiger charge is -2.42. The first-order chi connectivity index (χ1) is 17.6. The van der Waals surface area contributed by atoms with Crippen LogP contribution in [0.15, 0.2) is 42.5 Å². The molecule has 0 spiro atoms. The van der Waals surface area contributed by atoms with Gasteiger partial charge < -0.3 is 10.8 Å². The molecule has 202 valence electrons. The summed E-state index contributed by atoms with van der Waals surface area (Å²) in [4.78, 5) is 12.0. The number of carbonyl (C=O) groups is 1. The monoisotopic (exact) mass is 495 g/mol. The van der Waals surface area contributed by atoms with Crippen LogP contribution in [0.2, 0.25) is 0 Å². The maximum atomic E-state index is 12.0. The van der Waals surface area contributed by atoms with Gasteiger partial charge in [0.15, 0.2) is 0 Å². The molecular weight excluding hydrogens is 442 g/mol. The number of hydrogen-bond acceptors (Lipinski definition) is 2. The predicted octanol–water partition coefficient (Wildman–Crippen LogP) is 8.81. The third kappa shape index (κ3) is 9.69. The average molecular weight is 496 g/mol. The maximum absolute atomic E-state index is 12.0. The van der Waals surface area contributed by atoms with E-state index in [9.17, 15) is 9.90 Å². The number of nitrogens with two attached hydrogens (primary N) is 1. The number of benzene rings is 1. The van der Waals surface area contributed by atoms with E-state index >= 15 is 0 Å². The molecule has 0 saturated heterocycles. The van der Waals surface area contributed by atoms with E-state index in [4.69, 9.17) is 5.73 Å². The van der Waals surface area contributed by atoms with Gasteiger partial charge in [-0.2, -0.15) is 0 Å². The first-order valence-corrected chi connectivity index (χ1v) is 15.3. The summed E-state index contributed by atoms with van der Waals surface area (Å²) in [7, 11) is 0. The molecule has 3 N–H and O–H groups in total. The number of aliphatic carboxylic acids is 1. The molecule has 0 amide bonds. The van der Waals surface area contributed by atoms with Crippen LogP contribution in [0.1, 0.15) is 128 Å². The summed E-state index contributed by atoms with van der Waals surface area (Å²) in [5, 5.41) is 9.83. The zero-order valence-corrected chi connectivity index (χ0v) is 22.8. The lowest BCUT2D eigenvalue weighted by atomic mass is 9.62. The van der Waals surface area contributed by atoms with Crippen LogP contribution in [0.25, 0.3) is 0 Å². The molecule has 0 heterocycles. The Hall–Kier alpha value is -1.61. The van der Waals surface area contributed by atoms with Gasteiger partial charge in [0.2, 0.25) is 0 Å². The second-order valence-corrected chi connectivity index (χ2v) is 11.9. The van der Waals surface area contributed by atoms with Crippen LogP contribution in [-0.2, 0) is 10.2 Å². The molecule has 3 heteroatoms. The van der Waals surface area contributed by atoms with Crippen molar-refractivity contribution in [3.63, 3.8) is 0 Å². The van der Waals surface area contributed by atoms with Gasteiger partial charge in [0, 0.05) is 6.42 Å². The van der Waals surface area contributed by atoms with Crippen LogP contribution >= 0.6 is 0 Å². The first kappa shape index (κ1) is 29.0. The van der Waals surface area contributed by atoms with Gasteiger partial charge in [-0.25, -0.2) is 0 Å². The van der Waals surface area contributed by atoms with Crippen molar-refractivity contribution in [2.45, 2.75) is 127 Å². The van der Waals surface area contributed by atoms with Crippen LogP contribution in [0.4, 0.5) is 0 Å². The van der Waals surface area contributed by atoms with E-state index < -0.39 is 5.97 Å². The van der Waals surface area contributed by atoms with E-state index in [0.717, 1.165) is 31.6 Å². The van der Waals surface area contributed by atoms with Crippen LogP contribution in [0, 0.1) is 17.8 Å². The fraction of sp³-hybridized carbons (Fsp3) is 0.727. The van der Waals surface area contributed by atoms with Gasteiger partial charge in [0.25, 0.3) is 0 Å². The van der Waals surface area contributed by atoms with Crippen LogP contribution in [0.5, 0.6) is 0 Å². The van der Waals surface area contributed by atoms with Crippen molar-refractivity contribution in [1.82, 2.24) is 0 Å². The highest BCUT2D eigenvalue weighted by Crippen LogP contribution is 2.47. The molecule has 1 aromatic carbocycles. The highest BCUT2D eigenvalue weighted by Gasteiger charge is 2.38. The summed E-state index contributed by atoms with van der Waals surface area (Å²) in [6.45, 7) is 0.653. The minimum atomic E-state index is -0.651. The van der Waals surface area contributed by atoms with E-state index in [-0.39, 0.29) is 17.8 Å². The molecule has 2 saturated carbocycles. The van der Waals surface area contributed by atoms with E-state index in [2.05, 4.69) is 42.5 Å². The zero-order chi connectivity index (χ0) is 25.5. The average Bonchev–Trinajstić information content (AvgIpc) is 2.90. The molecule has 2 aliphatic rings. The van der Waals surface area contributed by atoms with E-state index in [1.165, 1.54) is 95.5 Å². The van der Waals surface area contributed by atoms with Crippen molar-refractivity contribution < 1.29 is 9.90 Å². The third-order valence-electron chi connectivity index (χ3n) is 9.32. The Bertz CT molecular complexity index is 746. The molecule has 0 unspecified atom stereocenters. The van der Waals surface area contributed by atoms with Gasteiger partial charge in [0.05, 0.1) is 0 Å². The molecule has 3 nitrogen and oxygen atoms in total. The predicted molar refractivity (Wildman–Crippen MR) is 152 cm³/mol. The van der Waals surface area contributed by atoms with Crippen molar-refractivity contribution in [2.75, 3.05) is 6.54 Å². The summed E-state index contributed by atoms with van der Waals surface area (Å²) >= 11 is 0. The minimum Gasteiger partial charge on any atom is -0.481 e. The molecule has 2 atom stereocenters. The third-order valence-corrected chi connectivity index (χ3v) is 9.32. The van der Waals surface area contributed by atoms with Crippen molar-refractivity contribution >= 4 is 5.97 Å². The fourth-order valence-electron chi connectivity index (χ4n) is 7.30. The van der Waals surface area contributed by atoms with E-state index in [1.807, 2.05) is 0 Å². The number of hydrogen-bond donors (Lipinski definition) is 2. The lowest BCUT2D eigenvalue weighted by Crippen LogP contribution is -2.35. The van der Waals surface area contributed by atoms with Gasteiger partial charge in [-0.05, 0) is 86.6 Å². The number of carboxylic acid groups (broad SMARTS) is 1. The summed E-state index contributed by atoms with van der Waals surface area (Å²) in [5.74, 6) is 0.927. The smallest absolute Gasteiger partial charge is 0.303 e. The molecule has 0 radical (unpaired) electrons. The first-order valence-electron chi connectivity index (χ1n) is 15.3. The number of unbranched alkanes of at least 4 members (excludes halogenated alkanes) is 2. The largest absolute Gasteiger partial charge is 0.481 e. The Morgan fingerprint density at radius 3 is 2.31 bits per heavy atom. The molecule has 36 heavy (non-hydrogen) atoms. The second kappa shape index (κ2) is 16.3. The van der Waals surface area contributed by atoms with Gasteiger partial charge in [-0.3, -0.25) is 4.79 Å². The highest BCUT2D eigenvalue weighted by molar-refractivity contribution is 5.67. The molecule has 0 aromatic heterocycles. The Morgan fingerprint density at radius 1 is 0.917 bits per heavy atom. The number of carboxylic acids is 1. The molecule has 3 rings (SSSR count). The van der Waals surface area contributed by atoms with Gasteiger partial charge in [-0.1, -0.05) is 107 Å². The van der Waals surface area contributed by atoms with Crippen LogP contribution in [-0.4, -0.2) is 17.6 Å². The standard InChI is InChI=1S/C33H53NO2/c34-25-22-29(19-11-4-2-1-3-8-16-28-17-9-5-10-18-28)30(26-32(35)36)27-33(23-14-7-15-24-33)31-20-12-6-13-21-31/h1,3,6,12-13,20-21,28-30H,2,4-5,7-11,14-19,22-27,34H2,(H,35,36)/b3-1-/t29-,30+/m0/s1. The Kier molecular flexibility index (Phi) is 13.1. The lowest BCUT2D eigenvalue weighted by molar-refractivity contribution is -0.138. The van der Waals surface area contributed by atoms with Crippen molar-refractivity contribution in [3.8, 4) is 0 Å². The number of allylic oxidation sites excluding steroid dienone is 2. The molecule has 0 bridgehead atoms. The normalized spacial score (nSPS) is 20.4. The van der Waals surface area contributed by atoms with Crippen LogP contribution in [0.3, 0.4) is 0 Å². The molecule has 2 aliphatic carbocycles. The summed E-state index contributed by atoms with van der Waals surface area (Å²) in [6.07, 6.45) is 27.6. The second-order valence-electron chi connectivity index (χ2n) is 11.9. The van der Waals surface area contributed by atoms with Crippen molar-refractivity contribution in [3.05, 3.63) is 48.0 Å². The summed E-state index contributed by atoms with van der Waals surface area (Å²) < 4.78 is 0. The van der Waals surface area contributed by atoms with E-state index in [1.54, 1.807) is 0 Å². The number of rotatable bonds is 16. The Morgan fingerprint density at radius 2 is 1.61 bits per heavy atom. The maximum Gasteiger partial charge on any atom is 0.303 e. The molecule has 0 aliphatic heterocycles. The quantitative estimate of drug-likeness (QED) is 0.178.